The van der Waals surface area contributed by atoms with Crippen LogP contribution < -0.4 is 11.1 Å². The molecule has 3 N–H and O–H groups in total. The predicted octanol–water partition coefficient (Wildman–Crippen LogP) is 3.73. The molecule has 1 aromatic carbocycles. The number of nitrogens with zero attached hydrogens (tertiary/aromatic N) is 2. The molecule has 7 nitrogen and oxygen atoms in total. The monoisotopic (exact) mass is 464 g/mol. The molecule has 10 heteroatoms. The van der Waals surface area contributed by atoms with E-state index in [9.17, 15) is 22.6 Å². The number of nitrogens with two attached hydrogens (primary N) is 1. The fourth-order valence-corrected chi connectivity index (χ4v) is 5.96. The molecule has 2 unspecified atom stereocenters. The van der Waals surface area contributed by atoms with Crippen LogP contribution >= 0.6 is 0 Å². The largest absolute Gasteiger partial charge is 0.370 e. The van der Waals surface area contributed by atoms with Crippen LogP contribution in [0.4, 0.5) is 14.5 Å². The van der Waals surface area contributed by atoms with Gasteiger partial charge in [0.05, 0.1) is 22.5 Å². The molecule has 0 bridgehead atoms. The van der Waals surface area contributed by atoms with Crippen molar-refractivity contribution in [3.8, 4) is 5.69 Å². The Kier molecular flexibility index (Phi) is 5.91. The third-order valence-electron chi connectivity index (χ3n) is 5.99. The highest BCUT2D eigenvalue weighted by Gasteiger charge is 2.38. The van der Waals surface area contributed by atoms with Crippen LogP contribution in [0.5, 0.6) is 0 Å². The van der Waals surface area contributed by atoms with Crippen molar-refractivity contribution >= 4 is 28.2 Å². The molecule has 2 atom stereocenters. The maximum Gasteiger partial charge on any atom is 0.282 e. The van der Waals surface area contributed by atoms with Crippen molar-refractivity contribution in [3.05, 3.63) is 40.7 Å². The molecule has 4 rings (SSSR count). The van der Waals surface area contributed by atoms with E-state index in [2.05, 4.69) is 10.4 Å². The number of carbonyl (C=O) groups is 2. The highest BCUT2D eigenvalue weighted by atomic mass is 32.2. The highest BCUT2D eigenvalue weighted by molar-refractivity contribution is 7.85. The van der Waals surface area contributed by atoms with Crippen LogP contribution in [0.1, 0.15) is 78.1 Å². The Hall–Kier alpha value is -2.62. The van der Waals surface area contributed by atoms with Crippen LogP contribution in [-0.4, -0.2) is 36.8 Å². The highest BCUT2D eigenvalue weighted by Crippen LogP contribution is 2.39. The number of halogens is 2. The summed E-state index contributed by atoms with van der Waals surface area (Å²) in [5.41, 5.74) is 6.04. The zero-order valence-electron chi connectivity index (χ0n) is 18.0. The van der Waals surface area contributed by atoms with Gasteiger partial charge in [-0.25, -0.2) is 13.5 Å². The molecule has 0 saturated carbocycles. The van der Waals surface area contributed by atoms with Crippen molar-refractivity contribution in [1.82, 2.24) is 9.78 Å². The Bertz CT molecular complexity index is 1110. The summed E-state index contributed by atoms with van der Waals surface area (Å²) in [6.45, 7) is 3.82. The molecule has 2 aromatic rings. The summed E-state index contributed by atoms with van der Waals surface area (Å²) in [7, 11) is -1.10. The number of ketones is 1. The van der Waals surface area contributed by atoms with E-state index in [0.29, 0.717) is 35.7 Å². The zero-order chi connectivity index (χ0) is 23.2. The van der Waals surface area contributed by atoms with Crippen LogP contribution in [0.3, 0.4) is 0 Å². The van der Waals surface area contributed by atoms with E-state index < -0.39 is 34.2 Å². The number of benzene rings is 1. The first-order valence-electron chi connectivity index (χ1n) is 10.6. The summed E-state index contributed by atoms with van der Waals surface area (Å²) in [6, 6.07) is 4.66. The SMILES string of the molecule is CC1(C)CC(=O)c2c(C(F)F)nn(-c3ccc(C(N)=O)c(NC4CCCCS4=O)c3)c2C1. The van der Waals surface area contributed by atoms with Crippen LogP contribution in [0.15, 0.2) is 18.2 Å². The number of aromatic nitrogens is 2. The van der Waals surface area contributed by atoms with Gasteiger partial charge in [-0.1, -0.05) is 13.8 Å². The molecular weight excluding hydrogens is 438 g/mol. The number of fused-ring (bicyclic) bond motifs is 1. The second kappa shape index (κ2) is 8.38. The van der Waals surface area contributed by atoms with Crippen LogP contribution in [0.2, 0.25) is 0 Å². The van der Waals surface area contributed by atoms with Gasteiger partial charge >= 0.3 is 0 Å². The van der Waals surface area contributed by atoms with Gasteiger partial charge in [-0.05, 0) is 49.3 Å². The van der Waals surface area contributed by atoms with Crippen LogP contribution in [-0.2, 0) is 17.2 Å². The van der Waals surface area contributed by atoms with Gasteiger partial charge in [0.25, 0.3) is 12.3 Å². The van der Waals surface area contributed by atoms with E-state index in [4.69, 9.17) is 5.73 Å². The second-order valence-electron chi connectivity index (χ2n) is 9.17. The normalized spacial score (nSPS) is 22.6. The van der Waals surface area contributed by atoms with Crippen LogP contribution in [0.25, 0.3) is 5.69 Å². The minimum Gasteiger partial charge on any atom is -0.370 e. The van der Waals surface area contributed by atoms with Crippen molar-refractivity contribution in [1.29, 1.82) is 0 Å². The summed E-state index contributed by atoms with van der Waals surface area (Å²) in [4.78, 5) is 24.7. The number of alkyl halides is 2. The lowest BCUT2D eigenvalue weighted by atomic mass is 9.75. The van der Waals surface area contributed by atoms with E-state index in [1.807, 2.05) is 13.8 Å². The van der Waals surface area contributed by atoms with Gasteiger partial charge in [0.2, 0.25) is 0 Å². The fourth-order valence-electron chi connectivity index (χ4n) is 4.50. The molecule has 0 spiro atoms. The Balaban J connectivity index is 1.82. The third kappa shape index (κ3) is 4.20. The first kappa shape index (κ1) is 22.6. The molecule has 1 aliphatic carbocycles. The molecule has 1 amide bonds. The van der Waals surface area contributed by atoms with Gasteiger partial charge in [0.1, 0.15) is 11.1 Å². The van der Waals surface area contributed by atoms with E-state index in [1.54, 1.807) is 12.1 Å². The number of anilines is 1. The lowest BCUT2D eigenvalue weighted by Gasteiger charge is -2.29. The topological polar surface area (TPSA) is 107 Å². The second-order valence-corrected chi connectivity index (χ2v) is 10.9. The molecule has 32 heavy (non-hydrogen) atoms. The molecule has 2 aliphatic rings. The number of hydrogen-bond donors (Lipinski definition) is 2. The molecule has 0 radical (unpaired) electrons. The number of primary amides is 1. The van der Waals surface area contributed by atoms with Crippen molar-refractivity contribution in [2.45, 2.75) is 57.8 Å². The van der Waals surface area contributed by atoms with Crippen LogP contribution in [0, 0.1) is 5.41 Å². The lowest BCUT2D eigenvalue weighted by Crippen LogP contribution is -2.31. The van der Waals surface area contributed by atoms with Crippen molar-refractivity contribution in [3.63, 3.8) is 0 Å². The van der Waals surface area contributed by atoms with Gasteiger partial charge in [-0.3, -0.25) is 13.8 Å². The maximum absolute atomic E-state index is 13.7. The van der Waals surface area contributed by atoms with Gasteiger partial charge in [0, 0.05) is 28.7 Å². The minimum atomic E-state index is -2.89. The summed E-state index contributed by atoms with van der Waals surface area (Å²) >= 11 is 0. The van der Waals surface area contributed by atoms with Crippen molar-refractivity contribution < 1.29 is 22.6 Å². The molecule has 1 aromatic heterocycles. The Morgan fingerprint density at radius 3 is 2.72 bits per heavy atom. The van der Waals surface area contributed by atoms with Gasteiger partial charge in [-0.15, -0.1) is 0 Å². The maximum atomic E-state index is 13.7. The van der Waals surface area contributed by atoms with E-state index in [0.717, 1.165) is 12.8 Å². The summed E-state index contributed by atoms with van der Waals surface area (Å²) in [6.07, 6.45) is 0.170. The molecule has 1 saturated heterocycles. The number of rotatable bonds is 5. The summed E-state index contributed by atoms with van der Waals surface area (Å²) < 4.78 is 41.2. The number of hydrogen-bond acceptors (Lipinski definition) is 5. The Morgan fingerprint density at radius 2 is 2.06 bits per heavy atom. The van der Waals surface area contributed by atoms with E-state index in [-0.39, 0.29) is 28.7 Å². The molecule has 1 aliphatic heterocycles. The number of carbonyl (C=O) groups excluding carboxylic acids is 2. The number of nitrogens with one attached hydrogen (secondary N) is 1. The first-order chi connectivity index (χ1) is 15.1. The van der Waals surface area contributed by atoms with Gasteiger partial charge < -0.3 is 11.1 Å². The van der Waals surface area contributed by atoms with E-state index >= 15 is 0 Å². The quantitative estimate of drug-likeness (QED) is 0.701. The number of amides is 1. The average molecular weight is 465 g/mol. The third-order valence-corrected chi connectivity index (χ3v) is 7.67. The predicted molar refractivity (Wildman–Crippen MR) is 118 cm³/mol. The molecule has 172 valence electrons. The molecule has 1 fully saturated rings. The molecular formula is C22H26F2N4O3S. The zero-order valence-corrected chi connectivity index (χ0v) is 18.8. The smallest absolute Gasteiger partial charge is 0.282 e. The summed E-state index contributed by atoms with van der Waals surface area (Å²) in [5.74, 6) is -0.430. The first-order valence-corrected chi connectivity index (χ1v) is 12.0. The molecule has 2 heterocycles. The summed E-state index contributed by atoms with van der Waals surface area (Å²) in [5, 5.41) is 6.93. The Labute approximate surface area is 187 Å². The fraction of sp³-hybridized carbons (Fsp3) is 0.500. The average Bonchev–Trinajstić information content (AvgIpc) is 3.08. The van der Waals surface area contributed by atoms with Crippen molar-refractivity contribution in [2.75, 3.05) is 11.1 Å². The standard InChI is InChI=1S/C22H26F2N4O3S/c1-22(2)10-15-18(16(29)11-22)19(20(23)24)27-28(15)12-6-7-13(21(25)30)14(9-12)26-17-5-3-4-8-32(17)31/h6-7,9,17,20,26H,3-5,8,10-11H2,1-2H3,(H2,25,30). The lowest BCUT2D eigenvalue weighted by molar-refractivity contribution is 0.0896. The van der Waals surface area contributed by atoms with Gasteiger partial charge in [0.15, 0.2) is 5.78 Å². The number of Topliss-reactive ketones (excluding diaryl/α,β-unsaturated/α-hetero) is 1. The van der Waals surface area contributed by atoms with Crippen molar-refractivity contribution in [2.24, 2.45) is 11.1 Å². The minimum absolute atomic E-state index is 0.0128. The Morgan fingerprint density at radius 1 is 1.31 bits per heavy atom. The van der Waals surface area contributed by atoms with Gasteiger partial charge in [-0.2, -0.15) is 5.10 Å². The van der Waals surface area contributed by atoms with E-state index in [1.165, 1.54) is 10.7 Å².